The Morgan fingerprint density at radius 3 is 2.19 bits per heavy atom. The number of hydrogen-bond acceptors (Lipinski definition) is 5. The maximum Gasteiger partial charge on any atom is 0.165 e. The lowest BCUT2D eigenvalue weighted by Crippen LogP contribution is -1.98. The van der Waals surface area contributed by atoms with E-state index in [0.29, 0.717) is 11.5 Å². The number of rotatable bonds is 6. The second kappa shape index (κ2) is 8.43. The number of anilines is 2. The van der Waals surface area contributed by atoms with Gasteiger partial charge in [-0.25, -0.2) is 9.50 Å². The molecular weight excluding hydrogens is 400 g/mol. The molecular formula is C26H22N4O2. The Morgan fingerprint density at radius 1 is 0.750 bits per heavy atom. The number of benzene rings is 3. The topological polar surface area (TPSA) is 60.7 Å². The first-order valence-corrected chi connectivity index (χ1v) is 10.3. The molecule has 0 spiro atoms. The van der Waals surface area contributed by atoms with Crippen LogP contribution in [0.1, 0.15) is 0 Å². The summed E-state index contributed by atoms with van der Waals surface area (Å²) in [6, 6.07) is 28.0. The first kappa shape index (κ1) is 19.6. The zero-order valence-corrected chi connectivity index (χ0v) is 17.8. The summed E-state index contributed by atoms with van der Waals surface area (Å²) in [6.45, 7) is 0. The number of nitrogens with one attached hydrogen (secondary N) is 1. The molecule has 0 atom stereocenters. The third-order valence-corrected chi connectivity index (χ3v) is 5.30. The lowest BCUT2D eigenvalue weighted by molar-refractivity contribution is 0.355. The quantitative estimate of drug-likeness (QED) is 0.373. The molecule has 2 heterocycles. The van der Waals surface area contributed by atoms with Gasteiger partial charge in [-0.15, -0.1) is 5.10 Å². The Balaban J connectivity index is 1.72. The first-order valence-electron chi connectivity index (χ1n) is 10.3. The van der Waals surface area contributed by atoms with Crippen molar-refractivity contribution in [1.82, 2.24) is 14.6 Å². The lowest BCUT2D eigenvalue weighted by Gasteiger charge is -2.10. The highest BCUT2D eigenvalue weighted by Gasteiger charge is 2.19. The summed E-state index contributed by atoms with van der Waals surface area (Å²) in [5.41, 5.74) is 5.55. The molecule has 6 nitrogen and oxygen atoms in total. The van der Waals surface area contributed by atoms with Crippen LogP contribution < -0.4 is 14.8 Å². The van der Waals surface area contributed by atoms with E-state index >= 15 is 0 Å². The maximum absolute atomic E-state index is 5.51. The minimum absolute atomic E-state index is 0.660. The molecule has 0 aliphatic heterocycles. The summed E-state index contributed by atoms with van der Waals surface area (Å²) in [5, 5.41) is 8.39. The third kappa shape index (κ3) is 3.52. The van der Waals surface area contributed by atoms with Crippen molar-refractivity contribution in [2.24, 2.45) is 0 Å². The number of methoxy groups -OCH3 is 2. The van der Waals surface area contributed by atoms with E-state index in [4.69, 9.17) is 14.6 Å². The number of para-hydroxylation sites is 1. The molecule has 0 aliphatic carbocycles. The van der Waals surface area contributed by atoms with Gasteiger partial charge in [0.05, 0.1) is 25.5 Å². The Labute approximate surface area is 186 Å². The smallest absolute Gasteiger partial charge is 0.165 e. The summed E-state index contributed by atoms with van der Waals surface area (Å²) in [4.78, 5) is 4.69. The van der Waals surface area contributed by atoms with Gasteiger partial charge in [-0.05, 0) is 42.0 Å². The summed E-state index contributed by atoms with van der Waals surface area (Å²) < 4.78 is 12.8. The number of ether oxygens (including phenoxy) is 2. The van der Waals surface area contributed by atoms with Crippen LogP contribution >= 0.6 is 0 Å². The van der Waals surface area contributed by atoms with Gasteiger partial charge >= 0.3 is 0 Å². The number of fused-ring (bicyclic) bond motifs is 1. The summed E-state index contributed by atoms with van der Waals surface area (Å²) in [6.07, 6.45) is 1.81. The van der Waals surface area contributed by atoms with E-state index in [9.17, 15) is 0 Å². The second-order valence-corrected chi connectivity index (χ2v) is 7.22. The van der Waals surface area contributed by atoms with Crippen molar-refractivity contribution in [3.8, 4) is 33.9 Å². The number of aromatic nitrogens is 3. The summed E-state index contributed by atoms with van der Waals surface area (Å²) in [7, 11) is 3.26. The molecule has 6 heteroatoms. The Bertz CT molecular complexity index is 1370. The van der Waals surface area contributed by atoms with Gasteiger partial charge in [0.2, 0.25) is 0 Å². The van der Waals surface area contributed by atoms with E-state index in [1.165, 1.54) is 0 Å². The Hall–Kier alpha value is -4.32. The van der Waals surface area contributed by atoms with Gasteiger partial charge in [-0.2, -0.15) is 0 Å². The molecule has 0 saturated carbocycles. The van der Waals surface area contributed by atoms with Crippen LogP contribution in [0.3, 0.4) is 0 Å². The molecule has 32 heavy (non-hydrogen) atoms. The van der Waals surface area contributed by atoms with E-state index in [0.717, 1.165) is 39.5 Å². The van der Waals surface area contributed by atoms with Gasteiger partial charge in [0.15, 0.2) is 23.0 Å². The lowest BCUT2D eigenvalue weighted by atomic mass is 10.1. The van der Waals surface area contributed by atoms with Crippen LogP contribution in [0.15, 0.2) is 91.1 Å². The molecule has 3 aromatic carbocycles. The predicted molar refractivity (Wildman–Crippen MR) is 127 cm³/mol. The van der Waals surface area contributed by atoms with Gasteiger partial charge in [-0.3, -0.25) is 0 Å². The molecule has 158 valence electrons. The minimum atomic E-state index is 0.660. The minimum Gasteiger partial charge on any atom is -0.493 e. The van der Waals surface area contributed by atoms with Gasteiger partial charge in [-0.1, -0.05) is 48.5 Å². The van der Waals surface area contributed by atoms with Gasteiger partial charge in [0.25, 0.3) is 0 Å². The van der Waals surface area contributed by atoms with Crippen molar-refractivity contribution in [3.05, 3.63) is 91.1 Å². The highest BCUT2D eigenvalue weighted by Crippen LogP contribution is 2.36. The van der Waals surface area contributed by atoms with Crippen molar-refractivity contribution in [1.29, 1.82) is 0 Å². The molecule has 0 aliphatic rings. The standard InChI is InChI=1S/C26H22N4O2/c1-31-22-14-13-19(17-23(22)32-2)21-15-16-27-26-24(18-9-5-3-6-10-18)25(29-30(21)26)28-20-11-7-4-8-12-20/h3-17H,1-2H3,(H,28,29). The second-order valence-electron chi connectivity index (χ2n) is 7.22. The molecule has 0 fully saturated rings. The zero-order valence-electron chi connectivity index (χ0n) is 17.8. The molecule has 5 rings (SSSR count). The van der Waals surface area contributed by atoms with Crippen LogP contribution in [0.25, 0.3) is 28.0 Å². The molecule has 5 aromatic rings. The van der Waals surface area contributed by atoms with Crippen LogP contribution in [0.5, 0.6) is 11.5 Å². The van der Waals surface area contributed by atoms with Crippen molar-refractivity contribution >= 4 is 17.2 Å². The third-order valence-electron chi connectivity index (χ3n) is 5.30. The summed E-state index contributed by atoms with van der Waals surface area (Å²) in [5.74, 6) is 2.08. The molecule has 1 N–H and O–H groups in total. The molecule has 0 bridgehead atoms. The zero-order chi connectivity index (χ0) is 21.9. The van der Waals surface area contributed by atoms with Crippen molar-refractivity contribution < 1.29 is 9.47 Å². The fourth-order valence-corrected chi connectivity index (χ4v) is 3.78. The molecule has 2 aromatic heterocycles. The van der Waals surface area contributed by atoms with E-state index in [1.807, 2.05) is 83.5 Å². The monoisotopic (exact) mass is 422 g/mol. The Kier molecular flexibility index (Phi) is 5.17. The van der Waals surface area contributed by atoms with Crippen LogP contribution in [0, 0.1) is 0 Å². The highest BCUT2D eigenvalue weighted by atomic mass is 16.5. The van der Waals surface area contributed by atoms with E-state index in [1.54, 1.807) is 14.2 Å². The number of nitrogens with zero attached hydrogens (tertiary/aromatic N) is 3. The van der Waals surface area contributed by atoms with Crippen molar-refractivity contribution in [2.75, 3.05) is 19.5 Å². The largest absolute Gasteiger partial charge is 0.493 e. The van der Waals surface area contributed by atoms with Crippen LogP contribution in [0.2, 0.25) is 0 Å². The Morgan fingerprint density at radius 2 is 1.47 bits per heavy atom. The van der Waals surface area contributed by atoms with Gasteiger partial charge < -0.3 is 14.8 Å². The van der Waals surface area contributed by atoms with Crippen molar-refractivity contribution in [2.45, 2.75) is 0 Å². The van der Waals surface area contributed by atoms with E-state index < -0.39 is 0 Å². The van der Waals surface area contributed by atoms with Crippen LogP contribution in [-0.4, -0.2) is 28.8 Å². The maximum atomic E-state index is 5.51. The average molecular weight is 422 g/mol. The highest BCUT2D eigenvalue weighted by molar-refractivity contribution is 5.90. The van der Waals surface area contributed by atoms with Crippen LogP contribution in [-0.2, 0) is 0 Å². The molecule has 0 amide bonds. The normalized spacial score (nSPS) is 10.8. The van der Waals surface area contributed by atoms with E-state index in [-0.39, 0.29) is 0 Å². The molecule has 0 radical (unpaired) electrons. The van der Waals surface area contributed by atoms with E-state index in [2.05, 4.69) is 22.4 Å². The first-order chi connectivity index (χ1) is 15.8. The van der Waals surface area contributed by atoms with Crippen molar-refractivity contribution in [3.63, 3.8) is 0 Å². The predicted octanol–water partition coefficient (Wildman–Crippen LogP) is 5.82. The number of hydrogen-bond donors (Lipinski definition) is 1. The van der Waals surface area contributed by atoms with Gasteiger partial charge in [0.1, 0.15) is 0 Å². The molecule has 0 saturated heterocycles. The van der Waals surface area contributed by atoms with Gasteiger partial charge in [0, 0.05) is 17.4 Å². The fourth-order valence-electron chi connectivity index (χ4n) is 3.78. The SMILES string of the molecule is COc1ccc(-c2ccnc3c(-c4ccccc4)c(Nc4ccccc4)nn23)cc1OC. The average Bonchev–Trinajstić information content (AvgIpc) is 3.22. The fraction of sp³-hybridized carbons (Fsp3) is 0.0769. The molecule has 0 unspecified atom stereocenters. The van der Waals surface area contributed by atoms with Crippen LogP contribution in [0.4, 0.5) is 11.5 Å². The summed E-state index contributed by atoms with van der Waals surface area (Å²) >= 11 is 0.